The summed E-state index contributed by atoms with van der Waals surface area (Å²) in [5, 5.41) is 8.18. The Hall–Kier alpha value is -1.63. The highest BCUT2D eigenvalue weighted by atomic mass is 127. The predicted molar refractivity (Wildman–Crippen MR) is 81.9 cm³/mol. The second kappa shape index (κ2) is 5.56. The van der Waals surface area contributed by atoms with E-state index >= 15 is 0 Å². The molecule has 3 rings (SSSR count). The zero-order chi connectivity index (χ0) is 13.1. The second-order valence-corrected chi connectivity index (χ2v) is 5.45. The first-order valence-corrected chi connectivity index (χ1v) is 7.06. The van der Waals surface area contributed by atoms with Gasteiger partial charge in [0.25, 0.3) is 0 Å². The van der Waals surface area contributed by atoms with Gasteiger partial charge in [0.05, 0.1) is 6.42 Å². The van der Waals surface area contributed by atoms with Crippen LogP contribution in [0, 0.1) is 3.57 Å². The molecular formula is C14H12IN3O. The quantitative estimate of drug-likeness (QED) is 0.784. The van der Waals surface area contributed by atoms with Crippen molar-refractivity contribution in [3.05, 3.63) is 63.7 Å². The standard InChI is InChI=1S/C14H12IN3O/c15-12-6-4-5-11(9-12)10-13-16-17-14(19-13)18-7-2-1-3-8-18/h1-7,9H,8,10H2. The minimum absolute atomic E-state index is 0.543. The summed E-state index contributed by atoms with van der Waals surface area (Å²) in [5.41, 5.74) is 1.18. The van der Waals surface area contributed by atoms with Crippen LogP contribution in [-0.4, -0.2) is 16.7 Å². The fourth-order valence-corrected chi connectivity index (χ4v) is 2.47. The normalized spacial score (nSPS) is 14.1. The molecule has 1 aromatic carbocycles. The van der Waals surface area contributed by atoms with Gasteiger partial charge in [-0.25, -0.2) is 0 Å². The van der Waals surface area contributed by atoms with Gasteiger partial charge in [0.2, 0.25) is 5.89 Å². The van der Waals surface area contributed by atoms with Crippen LogP contribution in [0.4, 0.5) is 6.01 Å². The molecule has 0 saturated heterocycles. The van der Waals surface area contributed by atoms with Gasteiger partial charge in [-0.05, 0) is 46.4 Å². The Kier molecular flexibility index (Phi) is 3.63. The first-order chi connectivity index (χ1) is 9.31. The number of halogens is 1. The number of anilines is 1. The van der Waals surface area contributed by atoms with E-state index in [-0.39, 0.29) is 0 Å². The second-order valence-electron chi connectivity index (χ2n) is 4.21. The third-order valence-electron chi connectivity index (χ3n) is 2.76. The number of hydrogen-bond acceptors (Lipinski definition) is 4. The number of rotatable bonds is 3. The molecule has 5 heteroatoms. The van der Waals surface area contributed by atoms with Crippen LogP contribution in [-0.2, 0) is 6.42 Å². The molecule has 0 unspecified atom stereocenters. The highest BCUT2D eigenvalue weighted by Crippen LogP contribution is 2.17. The lowest BCUT2D eigenvalue weighted by Gasteiger charge is -2.14. The van der Waals surface area contributed by atoms with Crippen LogP contribution in [0.25, 0.3) is 0 Å². The van der Waals surface area contributed by atoms with Crippen LogP contribution in [0.5, 0.6) is 0 Å². The molecule has 1 aromatic heterocycles. The molecule has 1 aliphatic rings. The minimum Gasteiger partial charge on any atom is -0.407 e. The fourth-order valence-electron chi connectivity index (χ4n) is 1.86. The maximum absolute atomic E-state index is 5.68. The molecule has 2 aromatic rings. The molecule has 0 radical (unpaired) electrons. The van der Waals surface area contributed by atoms with Crippen molar-refractivity contribution in [3.63, 3.8) is 0 Å². The summed E-state index contributed by atoms with van der Waals surface area (Å²) in [6.07, 6.45) is 8.59. The van der Waals surface area contributed by atoms with Crippen molar-refractivity contribution in [1.82, 2.24) is 10.2 Å². The monoisotopic (exact) mass is 365 g/mol. The molecule has 0 aliphatic carbocycles. The summed E-state index contributed by atoms with van der Waals surface area (Å²) in [6, 6.07) is 8.82. The number of aromatic nitrogens is 2. The van der Waals surface area contributed by atoms with Crippen molar-refractivity contribution in [3.8, 4) is 0 Å². The molecule has 1 aliphatic heterocycles. The fraction of sp³-hybridized carbons (Fsp3) is 0.143. The smallest absolute Gasteiger partial charge is 0.322 e. The molecule has 19 heavy (non-hydrogen) atoms. The summed E-state index contributed by atoms with van der Waals surface area (Å²) in [7, 11) is 0. The number of benzene rings is 1. The highest BCUT2D eigenvalue weighted by Gasteiger charge is 2.12. The number of hydrogen-bond donors (Lipinski definition) is 0. The third kappa shape index (κ3) is 3.04. The van der Waals surface area contributed by atoms with E-state index < -0.39 is 0 Å². The van der Waals surface area contributed by atoms with Gasteiger partial charge in [0.15, 0.2) is 0 Å². The zero-order valence-electron chi connectivity index (χ0n) is 10.2. The summed E-state index contributed by atoms with van der Waals surface area (Å²) >= 11 is 2.30. The first-order valence-electron chi connectivity index (χ1n) is 5.98. The van der Waals surface area contributed by atoms with E-state index in [2.05, 4.69) is 51.0 Å². The van der Waals surface area contributed by atoms with Gasteiger partial charge in [0.1, 0.15) is 0 Å². The first kappa shape index (κ1) is 12.4. The molecule has 0 saturated carbocycles. The lowest BCUT2D eigenvalue weighted by Crippen LogP contribution is -2.17. The van der Waals surface area contributed by atoms with Crippen LogP contribution >= 0.6 is 22.6 Å². The van der Waals surface area contributed by atoms with E-state index in [4.69, 9.17) is 4.42 Å². The highest BCUT2D eigenvalue weighted by molar-refractivity contribution is 14.1. The maximum atomic E-state index is 5.68. The van der Waals surface area contributed by atoms with E-state index in [1.807, 2.05) is 35.4 Å². The summed E-state index contributed by atoms with van der Waals surface area (Å²) in [5.74, 6) is 0.639. The molecule has 0 bridgehead atoms. The maximum Gasteiger partial charge on any atom is 0.322 e. The summed E-state index contributed by atoms with van der Waals surface area (Å²) in [6.45, 7) is 0.765. The van der Waals surface area contributed by atoms with Crippen molar-refractivity contribution in [2.45, 2.75) is 6.42 Å². The van der Waals surface area contributed by atoms with Crippen LogP contribution in [0.2, 0.25) is 0 Å². The molecule has 96 valence electrons. The number of allylic oxidation sites excluding steroid dienone is 2. The van der Waals surface area contributed by atoms with E-state index in [1.165, 1.54) is 9.13 Å². The summed E-state index contributed by atoms with van der Waals surface area (Å²) in [4.78, 5) is 1.92. The molecule has 2 heterocycles. The SMILES string of the molecule is Ic1cccc(Cc2nnc(N3C=CC=CC3)o2)c1. The van der Waals surface area contributed by atoms with Gasteiger partial charge in [-0.1, -0.05) is 29.4 Å². The lowest BCUT2D eigenvalue weighted by molar-refractivity contribution is 0.506. The lowest BCUT2D eigenvalue weighted by atomic mass is 10.2. The Balaban J connectivity index is 1.74. The van der Waals surface area contributed by atoms with Gasteiger partial charge in [-0.2, -0.15) is 0 Å². The van der Waals surface area contributed by atoms with Gasteiger partial charge >= 0.3 is 6.01 Å². The predicted octanol–water partition coefficient (Wildman–Crippen LogP) is 3.15. The topological polar surface area (TPSA) is 42.2 Å². The van der Waals surface area contributed by atoms with Gasteiger partial charge in [-0.15, -0.1) is 5.10 Å². The van der Waals surface area contributed by atoms with Crippen molar-refractivity contribution in [1.29, 1.82) is 0 Å². The van der Waals surface area contributed by atoms with Gasteiger partial charge in [-0.3, -0.25) is 4.90 Å². The Labute approximate surface area is 125 Å². The Morgan fingerprint density at radius 3 is 3.00 bits per heavy atom. The van der Waals surface area contributed by atoms with Gasteiger partial charge in [0, 0.05) is 16.3 Å². The largest absolute Gasteiger partial charge is 0.407 e. The summed E-state index contributed by atoms with van der Waals surface area (Å²) < 4.78 is 6.89. The van der Waals surface area contributed by atoms with Crippen molar-refractivity contribution >= 4 is 28.6 Å². The molecule has 0 N–H and O–H groups in total. The van der Waals surface area contributed by atoms with Crippen LogP contribution in [0.15, 0.2) is 53.1 Å². The minimum atomic E-state index is 0.543. The van der Waals surface area contributed by atoms with Crippen molar-refractivity contribution in [2.24, 2.45) is 0 Å². The van der Waals surface area contributed by atoms with E-state index in [0.29, 0.717) is 18.3 Å². The Bertz CT molecular complexity index is 633. The van der Waals surface area contributed by atoms with Crippen molar-refractivity contribution < 1.29 is 4.42 Å². The van der Waals surface area contributed by atoms with E-state index in [9.17, 15) is 0 Å². The zero-order valence-corrected chi connectivity index (χ0v) is 12.3. The molecule has 0 amide bonds. The number of nitrogens with zero attached hydrogens (tertiary/aromatic N) is 3. The van der Waals surface area contributed by atoms with Crippen LogP contribution in [0.3, 0.4) is 0 Å². The molecule has 0 spiro atoms. The van der Waals surface area contributed by atoms with E-state index in [1.54, 1.807) is 0 Å². The van der Waals surface area contributed by atoms with Gasteiger partial charge < -0.3 is 4.42 Å². The molecule has 0 fully saturated rings. The van der Waals surface area contributed by atoms with Crippen molar-refractivity contribution in [2.75, 3.05) is 11.4 Å². The van der Waals surface area contributed by atoms with Crippen LogP contribution < -0.4 is 4.90 Å². The molecule has 0 atom stereocenters. The third-order valence-corrected chi connectivity index (χ3v) is 3.43. The molecular weight excluding hydrogens is 353 g/mol. The van der Waals surface area contributed by atoms with Crippen LogP contribution in [0.1, 0.15) is 11.5 Å². The Morgan fingerprint density at radius 2 is 2.21 bits per heavy atom. The average molecular weight is 365 g/mol. The van der Waals surface area contributed by atoms with E-state index in [0.717, 1.165) is 6.54 Å². The average Bonchev–Trinajstić information content (AvgIpc) is 2.88. The molecule has 4 nitrogen and oxygen atoms in total. The Morgan fingerprint density at radius 1 is 1.26 bits per heavy atom.